The van der Waals surface area contributed by atoms with Gasteiger partial charge in [0.25, 0.3) is 0 Å². The molecule has 0 amide bonds. The summed E-state index contributed by atoms with van der Waals surface area (Å²) in [5, 5.41) is 9.08. The number of carboxylic acid groups (broad SMARTS) is 1. The highest BCUT2D eigenvalue weighted by atomic mass is 16.5. The zero-order valence-electron chi connectivity index (χ0n) is 10.7. The lowest BCUT2D eigenvalue weighted by Gasteiger charge is -2.12. The minimum atomic E-state index is -1.02. The van der Waals surface area contributed by atoms with Crippen molar-refractivity contribution in [3.63, 3.8) is 0 Å². The van der Waals surface area contributed by atoms with Gasteiger partial charge in [0.1, 0.15) is 11.3 Å². The van der Waals surface area contributed by atoms with Crippen molar-refractivity contribution >= 4 is 5.97 Å². The van der Waals surface area contributed by atoms with Gasteiger partial charge in [0.15, 0.2) is 5.75 Å². The molecule has 0 saturated carbocycles. The molecule has 0 spiro atoms. The Balaban J connectivity index is 1.74. The largest absolute Gasteiger partial charge is 0.493 e. The number of carboxylic acids is 1. The number of carbonyl (C=O) groups is 1. The summed E-state index contributed by atoms with van der Waals surface area (Å²) in [6.45, 7) is 0.908. The van der Waals surface area contributed by atoms with E-state index >= 15 is 0 Å². The smallest absolute Gasteiger partial charge is 0.339 e. The van der Waals surface area contributed by atoms with Crippen LogP contribution in [0.25, 0.3) is 0 Å². The molecule has 5 nitrogen and oxygen atoms in total. The van der Waals surface area contributed by atoms with Crippen molar-refractivity contribution in [3.05, 3.63) is 53.9 Å². The Kier molecular flexibility index (Phi) is 3.25. The molecule has 3 rings (SSSR count). The summed E-state index contributed by atoms with van der Waals surface area (Å²) in [4.78, 5) is 15.0. The SMILES string of the molecule is O=C(O)c1ccncc1OCC1COc2ccccc21. The lowest BCUT2D eigenvalue weighted by Crippen LogP contribution is -2.13. The summed E-state index contributed by atoms with van der Waals surface area (Å²) in [5.41, 5.74) is 1.21. The summed E-state index contributed by atoms with van der Waals surface area (Å²) in [6, 6.07) is 9.22. The molecule has 0 aliphatic carbocycles. The average molecular weight is 271 g/mol. The molecule has 1 N–H and O–H groups in total. The van der Waals surface area contributed by atoms with Gasteiger partial charge in [-0.15, -0.1) is 0 Å². The second-order valence-electron chi connectivity index (χ2n) is 4.53. The number of fused-ring (bicyclic) bond motifs is 1. The molecule has 5 heteroatoms. The minimum absolute atomic E-state index is 0.105. The standard InChI is InChI=1S/C15H13NO4/c17-15(18)12-5-6-16-7-14(12)20-9-10-8-19-13-4-2-1-3-11(10)13/h1-7,10H,8-9H2,(H,17,18). The van der Waals surface area contributed by atoms with Crippen LogP contribution < -0.4 is 9.47 Å². The van der Waals surface area contributed by atoms with Crippen molar-refractivity contribution in [2.45, 2.75) is 5.92 Å². The van der Waals surface area contributed by atoms with Gasteiger partial charge in [-0.05, 0) is 12.1 Å². The predicted octanol–water partition coefficient (Wildman–Crippen LogP) is 2.33. The summed E-state index contributed by atoms with van der Waals surface area (Å²) in [7, 11) is 0. The number of hydrogen-bond donors (Lipinski definition) is 1. The fourth-order valence-electron chi connectivity index (χ4n) is 2.23. The summed E-state index contributed by atoms with van der Waals surface area (Å²) in [6.07, 6.45) is 2.86. The van der Waals surface area contributed by atoms with Crippen LogP contribution in [0, 0.1) is 0 Å². The Morgan fingerprint density at radius 2 is 2.25 bits per heavy atom. The van der Waals surface area contributed by atoms with Crippen molar-refractivity contribution in [2.75, 3.05) is 13.2 Å². The molecule has 0 fully saturated rings. The molecule has 2 heterocycles. The van der Waals surface area contributed by atoms with Crippen LogP contribution in [0.5, 0.6) is 11.5 Å². The van der Waals surface area contributed by atoms with E-state index in [0.717, 1.165) is 11.3 Å². The van der Waals surface area contributed by atoms with Crippen LogP contribution in [0.3, 0.4) is 0 Å². The zero-order valence-corrected chi connectivity index (χ0v) is 10.7. The highest BCUT2D eigenvalue weighted by molar-refractivity contribution is 5.90. The number of ether oxygens (including phenoxy) is 2. The molecule has 1 unspecified atom stereocenters. The van der Waals surface area contributed by atoms with Gasteiger partial charge < -0.3 is 14.6 Å². The second kappa shape index (κ2) is 5.21. The van der Waals surface area contributed by atoms with E-state index in [0.29, 0.717) is 13.2 Å². The molecule has 1 aromatic heterocycles. The van der Waals surface area contributed by atoms with Gasteiger partial charge in [0.05, 0.1) is 25.3 Å². The number of benzene rings is 1. The molecule has 1 aromatic carbocycles. The van der Waals surface area contributed by atoms with E-state index in [2.05, 4.69) is 4.98 Å². The van der Waals surface area contributed by atoms with Gasteiger partial charge in [-0.3, -0.25) is 4.98 Å². The minimum Gasteiger partial charge on any atom is -0.493 e. The normalized spacial score (nSPS) is 16.3. The first-order chi connectivity index (χ1) is 9.75. The molecule has 102 valence electrons. The quantitative estimate of drug-likeness (QED) is 0.924. The lowest BCUT2D eigenvalue weighted by atomic mass is 10.0. The molecule has 20 heavy (non-hydrogen) atoms. The maximum Gasteiger partial charge on any atom is 0.339 e. The Morgan fingerprint density at radius 3 is 3.10 bits per heavy atom. The van der Waals surface area contributed by atoms with Gasteiger partial charge in [-0.25, -0.2) is 4.79 Å². The van der Waals surface area contributed by atoms with E-state index in [1.807, 2.05) is 24.3 Å². The second-order valence-corrected chi connectivity index (χ2v) is 4.53. The first-order valence-electron chi connectivity index (χ1n) is 6.27. The zero-order chi connectivity index (χ0) is 13.9. The van der Waals surface area contributed by atoms with Gasteiger partial charge >= 0.3 is 5.97 Å². The number of pyridine rings is 1. The number of nitrogens with zero attached hydrogens (tertiary/aromatic N) is 1. The van der Waals surface area contributed by atoms with E-state index < -0.39 is 5.97 Å². The number of aromatic nitrogens is 1. The maximum atomic E-state index is 11.1. The van der Waals surface area contributed by atoms with Crippen LogP contribution in [0.4, 0.5) is 0 Å². The Morgan fingerprint density at radius 1 is 1.40 bits per heavy atom. The molecule has 2 aromatic rings. The molecule has 1 aliphatic rings. The number of rotatable bonds is 4. The van der Waals surface area contributed by atoms with Crippen LogP contribution in [-0.2, 0) is 0 Å². The number of para-hydroxylation sites is 1. The van der Waals surface area contributed by atoms with E-state index in [9.17, 15) is 4.79 Å². The lowest BCUT2D eigenvalue weighted by molar-refractivity contribution is 0.0691. The first kappa shape index (κ1) is 12.5. The predicted molar refractivity (Wildman–Crippen MR) is 71.4 cm³/mol. The molecule has 1 atom stereocenters. The van der Waals surface area contributed by atoms with E-state index in [4.69, 9.17) is 14.6 Å². The first-order valence-corrected chi connectivity index (χ1v) is 6.27. The Labute approximate surface area is 115 Å². The van der Waals surface area contributed by atoms with Gasteiger partial charge in [-0.2, -0.15) is 0 Å². The Hall–Kier alpha value is -2.56. The molecule has 0 bridgehead atoms. The molecule has 1 aliphatic heterocycles. The monoisotopic (exact) mass is 271 g/mol. The van der Waals surface area contributed by atoms with E-state index in [-0.39, 0.29) is 17.2 Å². The summed E-state index contributed by atoms with van der Waals surface area (Å²) >= 11 is 0. The van der Waals surface area contributed by atoms with E-state index in [1.54, 1.807) is 0 Å². The topological polar surface area (TPSA) is 68.7 Å². The number of hydrogen-bond acceptors (Lipinski definition) is 4. The highest BCUT2D eigenvalue weighted by Crippen LogP contribution is 2.33. The molecular weight excluding hydrogens is 258 g/mol. The van der Waals surface area contributed by atoms with Gasteiger partial charge in [-0.1, -0.05) is 18.2 Å². The van der Waals surface area contributed by atoms with Crippen LogP contribution in [0.15, 0.2) is 42.7 Å². The van der Waals surface area contributed by atoms with Crippen molar-refractivity contribution < 1.29 is 19.4 Å². The van der Waals surface area contributed by atoms with Gasteiger partial charge in [0, 0.05) is 11.8 Å². The highest BCUT2D eigenvalue weighted by Gasteiger charge is 2.24. The molecule has 0 radical (unpaired) electrons. The Bertz CT molecular complexity index is 641. The van der Waals surface area contributed by atoms with Crippen molar-refractivity contribution in [3.8, 4) is 11.5 Å². The summed E-state index contributed by atoms with van der Waals surface area (Å²) in [5.74, 6) is 0.230. The van der Waals surface area contributed by atoms with Crippen LogP contribution in [0.2, 0.25) is 0 Å². The van der Waals surface area contributed by atoms with Crippen molar-refractivity contribution in [1.29, 1.82) is 0 Å². The van der Waals surface area contributed by atoms with Crippen molar-refractivity contribution in [1.82, 2.24) is 4.98 Å². The van der Waals surface area contributed by atoms with Crippen LogP contribution >= 0.6 is 0 Å². The molecule has 0 saturated heterocycles. The fraction of sp³-hybridized carbons (Fsp3) is 0.200. The summed E-state index contributed by atoms with van der Waals surface area (Å²) < 4.78 is 11.2. The van der Waals surface area contributed by atoms with Crippen LogP contribution in [0.1, 0.15) is 21.8 Å². The van der Waals surface area contributed by atoms with Crippen molar-refractivity contribution in [2.24, 2.45) is 0 Å². The third-order valence-corrected chi connectivity index (χ3v) is 3.25. The van der Waals surface area contributed by atoms with E-state index in [1.165, 1.54) is 18.5 Å². The third-order valence-electron chi connectivity index (χ3n) is 3.25. The fourth-order valence-corrected chi connectivity index (χ4v) is 2.23. The number of aromatic carboxylic acids is 1. The molecular formula is C15H13NO4. The third kappa shape index (κ3) is 2.30. The van der Waals surface area contributed by atoms with Crippen LogP contribution in [-0.4, -0.2) is 29.3 Å². The van der Waals surface area contributed by atoms with Gasteiger partial charge in [0.2, 0.25) is 0 Å². The maximum absolute atomic E-state index is 11.1. The average Bonchev–Trinajstić information content (AvgIpc) is 2.88.